The van der Waals surface area contributed by atoms with Crippen LogP contribution in [0.2, 0.25) is 0 Å². The fourth-order valence-electron chi connectivity index (χ4n) is 2.67. The number of hydrogen-bond donors (Lipinski definition) is 1. The Bertz CT molecular complexity index is 959. The minimum absolute atomic E-state index is 0.0506. The highest BCUT2D eigenvalue weighted by Crippen LogP contribution is 2.33. The Kier molecular flexibility index (Phi) is 5.29. The summed E-state index contributed by atoms with van der Waals surface area (Å²) in [4.78, 5) is 4.07. The summed E-state index contributed by atoms with van der Waals surface area (Å²) in [5.74, 6) is 5.50. The van der Waals surface area contributed by atoms with E-state index in [2.05, 4.69) is 16.8 Å². The van der Waals surface area contributed by atoms with Crippen molar-refractivity contribution in [3.8, 4) is 11.8 Å². The van der Waals surface area contributed by atoms with Crippen molar-refractivity contribution in [2.24, 2.45) is 0 Å². The first kappa shape index (κ1) is 18.7. The van der Waals surface area contributed by atoms with Gasteiger partial charge in [-0.1, -0.05) is 54.5 Å². The monoisotopic (exact) mass is 367 g/mol. The molecule has 3 aromatic rings. The second-order valence-corrected chi connectivity index (χ2v) is 6.07. The van der Waals surface area contributed by atoms with Gasteiger partial charge in [0.15, 0.2) is 5.60 Å². The molecule has 1 aromatic heterocycles. The average molecular weight is 367 g/mol. The molecular weight excluding hydrogens is 351 g/mol. The van der Waals surface area contributed by atoms with Crippen molar-refractivity contribution in [1.29, 1.82) is 0 Å². The molecule has 27 heavy (non-hydrogen) atoms. The Hall–Kier alpha value is -3.10. The highest BCUT2D eigenvalue weighted by molar-refractivity contribution is 5.41. The van der Waals surface area contributed by atoms with Gasteiger partial charge in [0.2, 0.25) is 0 Å². The van der Waals surface area contributed by atoms with Crippen LogP contribution in [0.15, 0.2) is 79.0 Å². The van der Waals surface area contributed by atoms with E-state index in [1.165, 1.54) is 12.1 Å². The maximum Gasteiger partial charge on any atom is 0.416 e. The molecule has 2 aromatic carbocycles. The normalized spacial score (nSPS) is 13.3. The van der Waals surface area contributed by atoms with E-state index in [-0.39, 0.29) is 12.0 Å². The second-order valence-electron chi connectivity index (χ2n) is 6.07. The van der Waals surface area contributed by atoms with Crippen molar-refractivity contribution in [1.82, 2.24) is 4.98 Å². The molecule has 5 heteroatoms. The summed E-state index contributed by atoms with van der Waals surface area (Å²) in [7, 11) is 0. The second kappa shape index (κ2) is 7.65. The number of benzene rings is 2. The van der Waals surface area contributed by atoms with E-state index in [9.17, 15) is 18.3 Å². The highest BCUT2D eigenvalue weighted by Gasteiger charge is 2.34. The van der Waals surface area contributed by atoms with Crippen molar-refractivity contribution in [2.75, 3.05) is 0 Å². The highest BCUT2D eigenvalue weighted by atomic mass is 19.4. The van der Waals surface area contributed by atoms with E-state index >= 15 is 0 Å². The number of aliphatic hydroxyl groups is 1. The number of nitrogens with zero attached hydrogens (tertiary/aromatic N) is 1. The fraction of sp³-hybridized carbons (Fsp3) is 0.136. The van der Waals surface area contributed by atoms with Crippen LogP contribution < -0.4 is 0 Å². The minimum atomic E-state index is -4.50. The third kappa shape index (κ3) is 4.75. The van der Waals surface area contributed by atoms with Crippen LogP contribution in [-0.4, -0.2) is 10.1 Å². The molecule has 0 saturated carbocycles. The summed E-state index contributed by atoms with van der Waals surface area (Å²) >= 11 is 0. The third-order valence-electron chi connectivity index (χ3n) is 4.03. The molecule has 0 aliphatic heterocycles. The van der Waals surface area contributed by atoms with Gasteiger partial charge < -0.3 is 5.11 Å². The molecule has 0 radical (unpaired) electrons. The van der Waals surface area contributed by atoms with Crippen LogP contribution in [0.5, 0.6) is 0 Å². The molecule has 1 heterocycles. The van der Waals surface area contributed by atoms with Crippen molar-refractivity contribution >= 4 is 0 Å². The van der Waals surface area contributed by atoms with Gasteiger partial charge >= 0.3 is 6.18 Å². The largest absolute Gasteiger partial charge is 0.416 e. The van der Waals surface area contributed by atoms with Crippen LogP contribution >= 0.6 is 0 Å². The lowest BCUT2D eigenvalue weighted by molar-refractivity contribution is -0.137. The Morgan fingerprint density at radius 1 is 0.852 bits per heavy atom. The van der Waals surface area contributed by atoms with Crippen LogP contribution in [-0.2, 0) is 18.2 Å². The van der Waals surface area contributed by atoms with Gasteiger partial charge in [0, 0.05) is 12.6 Å². The molecule has 2 nitrogen and oxygen atoms in total. The molecular formula is C22H16F3NO. The molecule has 136 valence electrons. The predicted octanol–water partition coefficient (Wildman–Crippen LogP) is 4.58. The lowest BCUT2D eigenvalue weighted by Crippen LogP contribution is -2.27. The van der Waals surface area contributed by atoms with Gasteiger partial charge in [0.05, 0.1) is 5.56 Å². The lowest BCUT2D eigenvalue weighted by Gasteiger charge is -2.24. The van der Waals surface area contributed by atoms with Crippen molar-refractivity contribution in [2.45, 2.75) is 18.2 Å². The van der Waals surface area contributed by atoms with Crippen molar-refractivity contribution in [3.05, 3.63) is 101 Å². The van der Waals surface area contributed by atoms with Gasteiger partial charge in [-0.2, -0.15) is 13.2 Å². The standard InChI is InChI=1S/C22H16F3NO/c23-22(24,25)19-10-6-9-18(15-19)21(27,16-17-7-2-1-3-8-17)13-12-20-11-4-5-14-26-20/h1-11,14-15,27H,16H2/t21-/m0/s1. The zero-order chi connectivity index (χ0) is 19.3. The number of halogens is 3. The van der Waals surface area contributed by atoms with Gasteiger partial charge in [0.1, 0.15) is 5.69 Å². The maximum absolute atomic E-state index is 13.1. The van der Waals surface area contributed by atoms with Crippen LogP contribution in [0.4, 0.5) is 13.2 Å². The molecule has 0 amide bonds. The quantitative estimate of drug-likeness (QED) is 0.688. The molecule has 3 rings (SSSR count). The van der Waals surface area contributed by atoms with Gasteiger partial charge in [-0.25, -0.2) is 4.98 Å². The van der Waals surface area contributed by atoms with Crippen LogP contribution in [0.25, 0.3) is 0 Å². The summed E-state index contributed by atoms with van der Waals surface area (Å²) in [6.45, 7) is 0. The summed E-state index contributed by atoms with van der Waals surface area (Å²) in [5.41, 5.74) is -1.35. The first-order valence-corrected chi connectivity index (χ1v) is 8.25. The third-order valence-corrected chi connectivity index (χ3v) is 4.03. The van der Waals surface area contributed by atoms with E-state index < -0.39 is 17.3 Å². The molecule has 1 atom stereocenters. The van der Waals surface area contributed by atoms with E-state index in [4.69, 9.17) is 0 Å². The number of alkyl halides is 3. The molecule has 0 spiro atoms. The molecule has 0 aliphatic carbocycles. The topological polar surface area (TPSA) is 33.1 Å². The van der Waals surface area contributed by atoms with Crippen molar-refractivity contribution in [3.63, 3.8) is 0 Å². The van der Waals surface area contributed by atoms with E-state index in [1.54, 1.807) is 48.7 Å². The van der Waals surface area contributed by atoms with Crippen LogP contribution in [0.3, 0.4) is 0 Å². The lowest BCUT2D eigenvalue weighted by atomic mass is 9.86. The Morgan fingerprint density at radius 2 is 1.56 bits per heavy atom. The maximum atomic E-state index is 13.1. The average Bonchev–Trinajstić information content (AvgIpc) is 2.67. The van der Waals surface area contributed by atoms with Crippen molar-refractivity contribution < 1.29 is 18.3 Å². The molecule has 0 aliphatic rings. The first-order chi connectivity index (χ1) is 12.9. The Labute approximate surface area is 155 Å². The molecule has 0 fully saturated rings. The van der Waals surface area contributed by atoms with Crippen LogP contribution in [0.1, 0.15) is 22.4 Å². The van der Waals surface area contributed by atoms with Gasteiger partial charge in [0.25, 0.3) is 0 Å². The molecule has 1 N–H and O–H groups in total. The summed E-state index contributed by atoms with van der Waals surface area (Å²) in [5, 5.41) is 11.2. The van der Waals surface area contributed by atoms with Crippen LogP contribution in [0, 0.1) is 11.8 Å². The number of rotatable bonds is 3. The summed E-state index contributed by atoms with van der Waals surface area (Å²) in [6.07, 6.45) is -2.89. The van der Waals surface area contributed by atoms with Gasteiger partial charge in [-0.15, -0.1) is 0 Å². The van der Waals surface area contributed by atoms with E-state index in [1.807, 2.05) is 6.07 Å². The molecule has 0 saturated heterocycles. The fourth-order valence-corrected chi connectivity index (χ4v) is 2.67. The summed E-state index contributed by atoms with van der Waals surface area (Å²) in [6, 6.07) is 18.8. The predicted molar refractivity (Wildman–Crippen MR) is 96.6 cm³/mol. The zero-order valence-corrected chi connectivity index (χ0v) is 14.2. The Morgan fingerprint density at radius 3 is 2.22 bits per heavy atom. The zero-order valence-electron chi connectivity index (χ0n) is 14.2. The van der Waals surface area contributed by atoms with E-state index in [0.29, 0.717) is 5.69 Å². The number of hydrogen-bond acceptors (Lipinski definition) is 2. The van der Waals surface area contributed by atoms with Gasteiger partial charge in [-0.3, -0.25) is 0 Å². The number of aromatic nitrogens is 1. The molecule has 0 bridgehead atoms. The first-order valence-electron chi connectivity index (χ1n) is 8.25. The van der Waals surface area contributed by atoms with Gasteiger partial charge in [-0.05, 0) is 41.3 Å². The minimum Gasteiger partial charge on any atom is -0.373 e. The smallest absolute Gasteiger partial charge is 0.373 e. The SMILES string of the molecule is O[C@@](C#Cc1ccccn1)(Cc1ccccc1)c1cccc(C(F)(F)F)c1. The Balaban J connectivity index is 2.06. The number of pyridine rings is 1. The van der Waals surface area contributed by atoms with E-state index in [0.717, 1.165) is 17.7 Å². The molecule has 0 unspecified atom stereocenters. The summed E-state index contributed by atoms with van der Waals surface area (Å²) < 4.78 is 39.3.